The summed E-state index contributed by atoms with van der Waals surface area (Å²) in [5.41, 5.74) is 0. The molecule has 0 spiro atoms. The quantitative estimate of drug-likeness (QED) is 0.467. The average molecular weight is 172 g/mol. The van der Waals surface area contributed by atoms with Gasteiger partial charge in [-0.3, -0.25) is 0 Å². The first-order chi connectivity index (χ1) is 4.41. The minimum atomic E-state index is -5.67. The monoisotopic (exact) mass is 172 g/mol. The zero-order valence-corrected chi connectivity index (χ0v) is 5.77. The summed E-state index contributed by atoms with van der Waals surface area (Å²) < 4.78 is 40.9. The molecule has 10 heavy (non-hydrogen) atoms. The Morgan fingerprint density at radius 2 is 1.40 bits per heavy atom. The molecule has 0 saturated heterocycles. The Hall–Kier alpha value is -0.910. The van der Waals surface area contributed by atoms with E-state index in [1.165, 1.54) is 12.5 Å². The van der Waals surface area contributed by atoms with Gasteiger partial charge in [0.2, 0.25) is 0 Å². The highest BCUT2D eigenvalue weighted by molar-refractivity contribution is 7.81. The number of hydrogen-bond acceptors (Lipinski definition) is 3. The SMILES string of the molecule is C=COC=C.O=S(=O)(F)F. The summed E-state index contributed by atoms with van der Waals surface area (Å²) in [6, 6.07) is 0. The van der Waals surface area contributed by atoms with E-state index in [0.29, 0.717) is 0 Å². The third-order valence-electron chi connectivity index (χ3n) is 0.192. The minimum absolute atomic E-state index is 1.31. The molecule has 0 amide bonds. The van der Waals surface area contributed by atoms with Crippen molar-refractivity contribution in [1.29, 1.82) is 0 Å². The molecule has 0 saturated carbocycles. The second kappa shape index (κ2) is 6.21. The van der Waals surface area contributed by atoms with E-state index >= 15 is 0 Å². The van der Waals surface area contributed by atoms with Crippen LogP contribution in [0.2, 0.25) is 0 Å². The maximum atomic E-state index is 9.99. The van der Waals surface area contributed by atoms with Crippen LogP contribution in [0.3, 0.4) is 0 Å². The molecule has 0 rings (SSSR count). The summed E-state index contributed by atoms with van der Waals surface area (Å²) in [6.07, 6.45) is 2.62. The minimum Gasteiger partial charge on any atom is -0.474 e. The molecule has 0 aliphatic heterocycles. The van der Waals surface area contributed by atoms with E-state index in [-0.39, 0.29) is 0 Å². The van der Waals surface area contributed by atoms with Gasteiger partial charge in [-0.25, -0.2) is 0 Å². The first kappa shape index (κ1) is 11.8. The van der Waals surface area contributed by atoms with Crippen molar-refractivity contribution in [3.8, 4) is 0 Å². The molecule has 0 aromatic carbocycles. The van der Waals surface area contributed by atoms with E-state index < -0.39 is 10.6 Å². The summed E-state index contributed by atoms with van der Waals surface area (Å²) in [5, 5.41) is 0. The Morgan fingerprint density at radius 1 is 1.20 bits per heavy atom. The van der Waals surface area contributed by atoms with Gasteiger partial charge in [-0.15, -0.1) is 0 Å². The second-order valence-electron chi connectivity index (χ2n) is 0.848. The van der Waals surface area contributed by atoms with Crippen LogP contribution in [0.4, 0.5) is 7.77 Å². The molecule has 0 fully saturated rings. The summed E-state index contributed by atoms with van der Waals surface area (Å²) >= 11 is 0. The van der Waals surface area contributed by atoms with E-state index in [2.05, 4.69) is 17.9 Å². The fraction of sp³-hybridized carbons (Fsp3) is 0. The molecule has 0 unspecified atom stereocenters. The fourth-order valence-corrected chi connectivity index (χ4v) is 0.0680. The van der Waals surface area contributed by atoms with Crippen molar-refractivity contribution >= 4 is 10.6 Å². The maximum Gasteiger partial charge on any atom is 0.476 e. The molecular formula is C4H6F2O3S. The zero-order chi connectivity index (χ0) is 8.62. The summed E-state index contributed by atoms with van der Waals surface area (Å²) in [7, 11) is -5.67. The third kappa shape index (κ3) is 221. The molecule has 0 radical (unpaired) electrons. The molecule has 0 aromatic heterocycles. The zero-order valence-electron chi connectivity index (χ0n) is 4.96. The van der Waals surface area contributed by atoms with Crippen molar-refractivity contribution in [3.63, 3.8) is 0 Å². The van der Waals surface area contributed by atoms with Crippen LogP contribution in [-0.2, 0) is 15.3 Å². The normalized spacial score (nSPS) is 8.60. The number of halogens is 2. The van der Waals surface area contributed by atoms with Gasteiger partial charge >= 0.3 is 10.6 Å². The van der Waals surface area contributed by atoms with E-state index in [1.807, 2.05) is 0 Å². The Balaban J connectivity index is 0. The van der Waals surface area contributed by atoms with Gasteiger partial charge in [0.25, 0.3) is 0 Å². The van der Waals surface area contributed by atoms with Gasteiger partial charge in [0, 0.05) is 0 Å². The smallest absolute Gasteiger partial charge is 0.474 e. The molecule has 0 heterocycles. The van der Waals surface area contributed by atoms with E-state index in [0.717, 1.165) is 0 Å². The second-order valence-corrected chi connectivity index (χ2v) is 1.60. The Labute approximate surface area is 58.1 Å². The molecular weight excluding hydrogens is 166 g/mol. The number of ether oxygens (including phenoxy) is 1. The molecule has 60 valence electrons. The van der Waals surface area contributed by atoms with Gasteiger partial charge in [-0.2, -0.15) is 8.42 Å². The first-order valence-electron chi connectivity index (χ1n) is 1.93. The molecule has 0 aliphatic carbocycles. The lowest BCUT2D eigenvalue weighted by atomic mass is 11.1. The third-order valence-corrected chi connectivity index (χ3v) is 0.192. The van der Waals surface area contributed by atoms with Crippen molar-refractivity contribution in [2.75, 3.05) is 0 Å². The lowest BCUT2D eigenvalue weighted by Gasteiger charge is -1.76. The van der Waals surface area contributed by atoms with Crippen molar-refractivity contribution in [3.05, 3.63) is 25.7 Å². The number of hydrogen-bond donors (Lipinski definition) is 0. The van der Waals surface area contributed by atoms with Crippen molar-refractivity contribution in [1.82, 2.24) is 0 Å². The van der Waals surface area contributed by atoms with Crippen LogP contribution >= 0.6 is 0 Å². The summed E-state index contributed by atoms with van der Waals surface area (Å²) in [6.45, 7) is 6.51. The van der Waals surface area contributed by atoms with Gasteiger partial charge in [-0.05, 0) is 0 Å². The lowest BCUT2D eigenvalue weighted by molar-refractivity contribution is 0.406. The molecule has 0 aromatic rings. The lowest BCUT2D eigenvalue weighted by Crippen LogP contribution is -1.69. The molecule has 0 N–H and O–H groups in total. The molecule has 0 bridgehead atoms. The maximum absolute atomic E-state index is 9.99. The van der Waals surface area contributed by atoms with E-state index in [9.17, 15) is 7.77 Å². The summed E-state index contributed by atoms with van der Waals surface area (Å²) in [5.74, 6) is 0. The molecule has 6 heteroatoms. The molecule has 3 nitrogen and oxygen atoms in total. The standard InChI is InChI=1S/C4H6O.F2O2S/c1-3-5-4-2;1-5(2,3)4/h3-4H,1-2H2;. The van der Waals surface area contributed by atoms with Gasteiger partial charge in [0.15, 0.2) is 0 Å². The van der Waals surface area contributed by atoms with Crippen LogP contribution in [0.1, 0.15) is 0 Å². The van der Waals surface area contributed by atoms with Crippen LogP contribution in [0.15, 0.2) is 25.7 Å². The van der Waals surface area contributed by atoms with Gasteiger partial charge in [0.1, 0.15) is 0 Å². The summed E-state index contributed by atoms with van der Waals surface area (Å²) in [4.78, 5) is 0. The van der Waals surface area contributed by atoms with Crippen LogP contribution in [0.5, 0.6) is 0 Å². The van der Waals surface area contributed by atoms with E-state index in [1.54, 1.807) is 0 Å². The highest BCUT2D eigenvalue weighted by atomic mass is 32.3. The fourth-order valence-electron chi connectivity index (χ4n) is 0.0680. The van der Waals surface area contributed by atoms with Crippen molar-refractivity contribution in [2.24, 2.45) is 0 Å². The van der Waals surface area contributed by atoms with Gasteiger partial charge < -0.3 is 4.74 Å². The molecule has 0 atom stereocenters. The topological polar surface area (TPSA) is 43.4 Å². The predicted octanol–water partition coefficient (Wildman–Crippen LogP) is 1.46. The van der Waals surface area contributed by atoms with Crippen LogP contribution < -0.4 is 0 Å². The number of rotatable bonds is 2. The van der Waals surface area contributed by atoms with Crippen LogP contribution in [0, 0.1) is 0 Å². The van der Waals surface area contributed by atoms with E-state index in [4.69, 9.17) is 8.42 Å². The van der Waals surface area contributed by atoms with Gasteiger partial charge in [-0.1, -0.05) is 20.9 Å². The first-order valence-corrected chi connectivity index (χ1v) is 3.21. The van der Waals surface area contributed by atoms with Crippen LogP contribution in [-0.4, -0.2) is 8.42 Å². The highest BCUT2D eigenvalue weighted by Crippen LogP contribution is 1.85. The van der Waals surface area contributed by atoms with Crippen molar-refractivity contribution < 1.29 is 20.9 Å². The Morgan fingerprint density at radius 3 is 1.40 bits per heavy atom. The highest BCUT2D eigenvalue weighted by Gasteiger charge is 1.94. The van der Waals surface area contributed by atoms with Crippen molar-refractivity contribution in [2.45, 2.75) is 0 Å². The predicted molar refractivity (Wildman–Crippen MR) is 32.6 cm³/mol. The largest absolute Gasteiger partial charge is 0.476 e. The molecule has 0 aliphatic rings. The Bertz CT molecular complexity index is 171. The average Bonchev–Trinajstić information content (AvgIpc) is 1.63. The Kier molecular flexibility index (Phi) is 7.35. The van der Waals surface area contributed by atoms with Gasteiger partial charge in [0.05, 0.1) is 12.5 Å². The van der Waals surface area contributed by atoms with Crippen LogP contribution in [0.25, 0.3) is 0 Å².